The van der Waals surface area contributed by atoms with E-state index >= 15 is 0 Å². The number of nitrogens with zero attached hydrogens (tertiary/aromatic N) is 2. The number of benzene rings is 2. The van der Waals surface area contributed by atoms with E-state index in [4.69, 9.17) is 0 Å². The van der Waals surface area contributed by atoms with Crippen LogP contribution < -0.4 is 5.32 Å². The number of carbonyl (C=O) groups is 1. The smallest absolute Gasteiger partial charge is 0.257 e. The van der Waals surface area contributed by atoms with Crippen LogP contribution in [0.1, 0.15) is 49.4 Å². The minimum atomic E-state index is -3.59. The van der Waals surface area contributed by atoms with Crippen LogP contribution in [0.4, 0.5) is 5.13 Å². The second-order valence-electron chi connectivity index (χ2n) is 7.83. The van der Waals surface area contributed by atoms with E-state index in [9.17, 15) is 13.2 Å². The maximum atomic E-state index is 13.2. The van der Waals surface area contributed by atoms with Gasteiger partial charge in [-0.2, -0.15) is 4.31 Å². The van der Waals surface area contributed by atoms with Gasteiger partial charge in [0.1, 0.15) is 0 Å². The monoisotopic (exact) mass is 489 g/mol. The number of rotatable bonds is 7. The molecule has 0 radical (unpaired) electrons. The molecular formula is C23H27N3O3S3. The number of fused-ring (bicyclic) bond motifs is 1. The molecule has 1 aliphatic carbocycles. The van der Waals surface area contributed by atoms with E-state index in [1.165, 1.54) is 29.9 Å². The van der Waals surface area contributed by atoms with Crippen LogP contribution in [0, 0.1) is 0 Å². The van der Waals surface area contributed by atoms with Gasteiger partial charge in [0, 0.05) is 23.0 Å². The number of nitrogens with one attached hydrogen (secondary N) is 1. The highest BCUT2D eigenvalue weighted by molar-refractivity contribution is 7.98. The van der Waals surface area contributed by atoms with Crippen LogP contribution in [0.5, 0.6) is 0 Å². The fourth-order valence-electron chi connectivity index (χ4n) is 4.16. The fourth-order valence-corrected chi connectivity index (χ4v) is 7.27. The van der Waals surface area contributed by atoms with Crippen LogP contribution in [0.2, 0.25) is 0 Å². The Morgan fingerprint density at radius 3 is 2.53 bits per heavy atom. The summed E-state index contributed by atoms with van der Waals surface area (Å²) in [4.78, 5) is 18.5. The lowest BCUT2D eigenvalue weighted by Crippen LogP contribution is -2.41. The van der Waals surface area contributed by atoms with Crippen LogP contribution in [-0.2, 0) is 10.0 Å². The first-order chi connectivity index (χ1) is 15.4. The van der Waals surface area contributed by atoms with Gasteiger partial charge in [-0.1, -0.05) is 37.5 Å². The van der Waals surface area contributed by atoms with Crippen molar-refractivity contribution in [1.82, 2.24) is 9.29 Å². The van der Waals surface area contributed by atoms with E-state index in [1.807, 2.05) is 25.3 Å². The molecule has 0 saturated heterocycles. The number of hydrogen-bond donors (Lipinski definition) is 1. The van der Waals surface area contributed by atoms with Crippen molar-refractivity contribution in [1.29, 1.82) is 0 Å². The number of carbonyl (C=O) groups excluding carboxylic acids is 1. The summed E-state index contributed by atoms with van der Waals surface area (Å²) in [6, 6.07) is 12.2. The average molecular weight is 490 g/mol. The number of aromatic nitrogens is 1. The molecule has 1 saturated carbocycles. The van der Waals surface area contributed by atoms with E-state index in [0.29, 0.717) is 17.2 Å². The number of hydrogen-bond acceptors (Lipinski definition) is 6. The molecule has 6 nitrogen and oxygen atoms in total. The highest BCUT2D eigenvalue weighted by Gasteiger charge is 2.31. The zero-order valence-corrected chi connectivity index (χ0v) is 20.7. The van der Waals surface area contributed by atoms with Gasteiger partial charge in [0.05, 0.1) is 15.1 Å². The Morgan fingerprint density at radius 2 is 1.88 bits per heavy atom. The normalized spacial score (nSPS) is 15.3. The predicted octanol–water partition coefficient (Wildman–Crippen LogP) is 5.61. The largest absolute Gasteiger partial charge is 0.298 e. The van der Waals surface area contributed by atoms with Crippen LogP contribution in [0.25, 0.3) is 10.2 Å². The van der Waals surface area contributed by atoms with Crippen LogP contribution >= 0.6 is 23.1 Å². The zero-order chi connectivity index (χ0) is 22.7. The quantitative estimate of drug-likeness (QED) is 0.436. The first kappa shape index (κ1) is 23.2. The molecule has 1 aromatic heterocycles. The molecule has 3 aromatic rings. The van der Waals surface area contributed by atoms with Gasteiger partial charge in [-0.15, -0.1) is 11.8 Å². The molecular weight excluding hydrogens is 462 g/mol. The fraction of sp³-hybridized carbons (Fsp3) is 0.391. The van der Waals surface area contributed by atoms with Crippen molar-refractivity contribution < 1.29 is 13.2 Å². The summed E-state index contributed by atoms with van der Waals surface area (Å²) in [6.07, 6.45) is 7.15. The molecule has 2 aromatic carbocycles. The molecule has 32 heavy (non-hydrogen) atoms. The Hall–Kier alpha value is -1.94. The van der Waals surface area contributed by atoms with Gasteiger partial charge in [-0.05, 0) is 61.6 Å². The third-order valence-corrected chi connectivity index (χ3v) is 9.53. The molecule has 1 aliphatic rings. The number of sulfonamides is 1. The molecule has 0 spiro atoms. The lowest BCUT2D eigenvalue weighted by Gasteiger charge is -2.32. The van der Waals surface area contributed by atoms with Crippen molar-refractivity contribution >= 4 is 54.4 Å². The van der Waals surface area contributed by atoms with E-state index < -0.39 is 10.0 Å². The first-order valence-electron chi connectivity index (χ1n) is 10.8. The zero-order valence-electron chi connectivity index (χ0n) is 18.2. The highest BCUT2D eigenvalue weighted by atomic mass is 32.2. The molecule has 0 atom stereocenters. The first-order valence-corrected chi connectivity index (χ1v) is 14.3. The molecule has 1 heterocycles. The number of amides is 1. The minimum Gasteiger partial charge on any atom is -0.298 e. The Labute approximate surface area is 197 Å². The number of anilines is 1. The molecule has 4 rings (SSSR count). The van der Waals surface area contributed by atoms with Crippen molar-refractivity contribution in [2.75, 3.05) is 18.1 Å². The van der Waals surface area contributed by atoms with Crippen LogP contribution in [-0.4, -0.2) is 42.5 Å². The van der Waals surface area contributed by atoms with Crippen LogP contribution in [0.15, 0.2) is 52.3 Å². The van der Waals surface area contributed by atoms with Crippen molar-refractivity contribution in [3.8, 4) is 0 Å². The summed E-state index contributed by atoms with van der Waals surface area (Å²) < 4.78 is 29.0. The summed E-state index contributed by atoms with van der Waals surface area (Å²) >= 11 is 3.08. The van der Waals surface area contributed by atoms with Gasteiger partial charge in [0.25, 0.3) is 5.91 Å². The Morgan fingerprint density at radius 1 is 1.16 bits per heavy atom. The molecule has 0 aliphatic heterocycles. The van der Waals surface area contributed by atoms with E-state index in [-0.39, 0.29) is 16.8 Å². The van der Waals surface area contributed by atoms with Crippen molar-refractivity contribution in [3.05, 3.63) is 48.0 Å². The SMILES string of the molecule is CCN(C1CCCCC1)S(=O)(=O)c1ccc(C(=O)Nc2nc3ccc(SC)cc3s2)cc1. The maximum Gasteiger partial charge on any atom is 0.257 e. The van der Waals surface area contributed by atoms with Crippen molar-refractivity contribution in [3.63, 3.8) is 0 Å². The summed E-state index contributed by atoms with van der Waals surface area (Å²) in [5.74, 6) is -0.308. The molecule has 0 bridgehead atoms. The van der Waals surface area contributed by atoms with Gasteiger partial charge in [-0.3, -0.25) is 10.1 Å². The van der Waals surface area contributed by atoms with Crippen molar-refractivity contribution in [2.45, 2.75) is 54.9 Å². The van der Waals surface area contributed by atoms with Gasteiger partial charge in [0.2, 0.25) is 10.0 Å². The molecule has 170 valence electrons. The Bertz CT molecular complexity index is 1200. The average Bonchev–Trinajstić information content (AvgIpc) is 3.21. The van der Waals surface area contributed by atoms with Gasteiger partial charge < -0.3 is 0 Å². The van der Waals surface area contributed by atoms with E-state index in [0.717, 1.165) is 40.8 Å². The molecule has 9 heteroatoms. The third-order valence-electron chi connectivity index (χ3n) is 5.83. The van der Waals surface area contributed by atoms with E-state index in [2.05, 4.69) is 16.4 Å². The summed E-state index contributed by atoms with van der Waals surface area (Å²) in [5.41, 5.74) is 1.24. The molecule has 0 unspecified atom stereocenters. The van der Waals surface area contributed by atoms with Gasteiger partial charge in [-0.25, -0.2) is 13.4 Å². The summed E-state index contributed by atoms with van der Waals surface area (Å²) in [6.45, 7) is 2.33. The topological polar surface area (TPSA) is 79.4 Å². The van der Waals surface area contributed by atoms with Gasteiger partial charge in [0.15, 0.2) is 5.13 Å². The maximum absolute atomic E-state index is 13.2. The second kappa shape index (κ2) is 9.91. The van der Waals surface area contributed by atoms with Crippen molar-refractivity contribution in [2.24, 2.45) is 0 Å². The second-order valence-corrected chi connectivity index (χ2v) is 11.6. The lowest BCUT2D eigenvalue weighted by molar-refractivity contribution is 0.102. The summed E-state index contributed by atoms with van der Waals surface area (Å²) in [7, 11) is -3.59. The highest BCUT2D eigenvalue weighted by Crippen LogP contribution is 2.30. The minimum absolute atomic E-state index is 0.0624. The molecule has 1 fully saturated rings. The van der Waals surface area contributed by atoms with E-state index in [1.54, 1.807) is 28.2 Å². The third kappa shape index (κ3) is 4.85. The summed E-state index contributed by atoms with van der Waals surface area (Å²) in [5, 5.41) is 3.35. The number of thiazole rings is 1. The van der Waals surface area contributed by atoms with Crippen LogP contribution in [0.3, 0.4) is 0 Å². The predicted molar refractivity (Wildman–Crippen MR) is 132 cm³/mol. The Balaban J connectivity index is 1.49. The standard InChI is InChI=1S/C23H27N3O3S3/c1-3-26(17-7-5-4-6-8-17)32(28,29)19-12-9-16(10-13-19)22(27)25-23-24-20-14-11-18(30-2)15-21(20)31-23/h9-15,17H,3-8H2,1-2H3,(H,24,25,27). The lowest BCUT2D eigenvalue weighted by atomic mass is 9.95. The van der Waals surface area contributed by atoms with Gasteiger partial charge >= 0.3 is 0 Å². The molecule has 1 amide bonds. The molecule has 1 N–H and O–H groups in total. The Kier molecular flexibility index (Phi) is 7.19. The number of thioether (sulfide) groups is 1.